The summed E-state index contributed by atoms with van der Waals surface area (Å²) in [5, 5.41) is 2.90. The quantitative estimate of drug-likeness (QED) is 0.911. The van der Waals surface area contributed by atoms with Gasteiger partial charge in [0.15, 0.2) is 0 Å². The number of carbonyl (C=O) groups is 2. The van der Waals surface area contributed by atoms with Gasteiger partial charge in [0.2, 0.25) is 5.91 Å². The standard InChI is InChI=1S/C22H22N2O2/c25-21(18-6-7-18)23-20-10-8-19(9-11-20)22(26)24-14-12-17(13-15-24)16-4-2-1-3-5-16/h1-5,8-12,18H,6-7,13-15H2,(H,23,25). The monoisotopic (exact) mass is 346 g/mol. The van der Waals surface area contributed by atoms with E-state index in [0.29, 0.717) is 12.1 Å². The van der Waals surface area contributed by atoms with Crippen molar-refractivity contribution in [2.24, 2.45) is 5.92 Å². The summed E-state index contributed by atoms with van der Waals surface area (Å²) in [5.41, 5.74) is 3.94. The highest BCUT2D eigenvalue weighted by molar-refractivity contribution is 5.97. The van der Waals surface area contributed by atoms with Crippen LogP contribution in [0.2, 0.25) is 0 Å². The van der Waals surface area contributed by atoms with Gasteiger partial charge in [0, 0.05) is 30.3 Å². The maximum absolute atomic E-state index is 12.7. The molecule has 0 saturated heterocycles. The first kappa shape index (κ1) is 16.6. The minimum absolute atomic E-state index is 0.0356. The van der Waals surface area contributed by atoms with E-state index in [4.69, 9.17) is 0 Å². The maximum Gasteiger partial charge on any atom is 0.254 e. The van der Waals surface area contributed by atoms with E-state index in [2.05, 4.69) is 23.5 Å². The summed E-state index contributed by atoms with van der Waals surface area (Å²) >= 11 is 0. The molecule has 1 aliphatic heterocycles. The highest BCUT2D eigenvalue weighted by Gasteiger charge is 2.29. The molecule has 4 heteroatoms. The summed E-state index contributed by atoms with van der Waals surface area (Å²) in [4.78, 5) is 26.4. The first-order valence-corrected chi connectivity index (χ1v) is 9.15. The van der Waals surface area contributed by atoms with Crippen LogP contribution in [0.1, 0.15) is 35.2 Å². The van der Waals surface area contributed by atoms with Crippen LogP contribution in [0, 0.1) is 5.92 Å². The lowest BCUT2D eigenvalue weighted by Crippen LogP contribution is -2.34. The lowest BCUT2D eigenvalue weighted by Gasteiger charge is -2.27. The van der Waals surface area contributed by atoms with E-state index < -0.39 is 0 Å². The molecule has 132 valence electrons. The molecular weight excluding hydrogens is 324 g/mol. The van der Waals surface area contributed by atoms with Crippen LogP contribution in [0.5, 0.6) is 0 Å². The zero-order valence-corrected chi connectivity index (χ0v) is 14.7. The molecule has 0 unspecified atom stereocenters. The lowest BCUT2D eigenvalue weighted by molar-refractivity contribution is -0.117. The fourth-order valence-corrected chi connectivity index (χ4v) is 3.24. The molecule has 1 fully saturated rings. The van der Waals surface area contributed by atoms with Crippen molar-refractivity contribution in [2.75, 3.05) is 18.4 Å². The third-order valence-electron chi connectivity index (χ3n) is 4.99. The minimum Gasteiger partial charge on any atom is -0.335 e. The Bertz CT molecular complexity index is 836. The van der Waals surface area contributed by atoms with Gasteiger partial charge in [-0.15, -0.1) is 0 Å². The Morgan fingerprint density at radius 2 is 1.69 bits per heavy atom. The van der Waals surface area contributed by atoms with Gasteiger partial charge in [-0.3, -0.25) is 9.59 Å². The molecule has 1 heterocycles. The molecular formula is C22H22N2O2. The second-order valence-corrected chi connectivity index (χ2v) is 6.94. The van der Waals surface area contributed by atoms with E-state index in [1.807, 2.05) is 35.2 Å². The second kappa shape index (κ2) is 7.16. The normalized spacial score (nSPS) is 16.8. The summed E-state index contributed by atoms with van der Waals surface area (Å²) in [6.07, 6.45) is 4.97. The summed E-state index contributed by atoms with van der Waals surface area (Å²) in [6.45, 7) is 1.35. The van der Waals surface area contributed by atoms with Gasteiger partial charge in [0.05, 0.1) is 0 Å². The number of hydrogen-bond donors (Lipinski definition) is 1. The molecule has 4 nitrogen and oxygen atoms in total. The van der Waals surface area contributed by atoms with Crippen molar-refractivity contribution < 1.29 is 9.59 Å². The summed E-state index contributed by atoms with van der Waals surface area (Å²) < 4.78 is 0. The number of benzene rings is 2. The molecule has 1 N–H and O–H groups in total. The van der Waals surface area contributed by atoms with Gasteiger partial charge in [0.25, 0.3) is 5.91 Å². The van der Waals surface area contributed by atoms with Gasteiger partial charge in [-0.25, -0.2) is 0 Å². The average molecular weight is 346 g/mol. The minimum atomic E-state index is 0.0356. The van der Waals surface area contributed by atoms with Crippen LogP contribution in [0.4, 0.5) is 5.69 Å². The predicted octanol–water partition coefficient (Wildman–Crippen LogP) is 3.96. The number of nitrogens with zero attached hydrogens (tertiary/aromatic N) is 1. The van der Waals surface area contributed by atoms with Gasteiger partial charge in [-0.1, -0.05) is 36.4 Å². The Morgan fingerprint density at radius 3 is 2.31 bits per heavy atom. The van der Waals surface area contributed by atoms with Crippen LogP contribution < -0.4 is 5.32 Å². The van der Waals surface area contributed by atoms with Crippen molar-refractivity contribution in [3.63, 3.8) is 0 Å². The highest BCUT2D eigenvalue weighted by atomic mass is 16.2. The van der Waals surface area contributed by atoms with Crippen LogP contribution >= 0.6 is 0 Å². The van der Waals surface area contributed by atoms with Crippen LogP contribution in [-0.2, 0) is 4.79 Å². The molecule has 1 aliphatic carbocycles. The molecule has 1 saturated carbocycles. The summed E-state index contributed by atoms with van der Waals surface area (Å²) in [6, 6.07) is 17.5. The summed E-state index contributed by atoms with van der Waals surface area (Å²) in [7, 11) is 0. The SMILES string of the molecule is O=C(Nc1ccc(C(=O)N2CC=C(c3ccccc3)CC2)cc1)C1CC1. The van der Waals surface area contributed by atoms with Crippen molar-refractivity contribution in [1.82, 2.24) is 4.90 Å². The van der Waals surface area contributed by atoms with E-state index in [9.17, 15) is 9.59 Å². The molecule has 2 aromatic carbocycles. The third kappa shape index (κ3) is 3.69. The molecule has 0 bridgehead atoms. The van der Waals surface area contributed by atoms with Crippen molar-refractivity contribution >= 4 is 23.1 Å². The molecule has 2 aromatic rings. The zero-order chi connectivity index (χ0) is 17.9. The summed E-state index contributed by atoms with van der Waals surface area (Å²) in [5.74, 6) is 0.294. The van der Waals surface area contributed by atoms with Gasteiger partial charge in [-0.2, -0.15) is 0 Å². The fourth-order valence-electron chi connectivity index (χ4n) is 3.24. The number of nitrogens with one attached hydrogen (secondary N) is 1. The molecule has 26 heavy (non-hydrogen) atoms. The fraction of sp³-hybridized carbons (Fsp3) is 0.273. The largest absolute Gasteiger partial charge is 0.335 e. The van der Waals surface area contributed by atoms with Crippen LogP contribution in [0.15, 0.2) is 60.7 Å². The van der Waals surface area contributed by atoms with E-state index >= 15 is 0 Å². The molecule has 0 radical (unpaired) electrons. The van der Waals surface area contributed by atoms with E-state index in [-0.39, 0.29) is 17.7 Å². The van der Waals surface area contributed by atoms with Gasteiger partial charge in [-0.05, 0) is 54.7 Å². The molecule has 0 aromatic heterocycles. The molecule has 2 amide bonds. The molecule has 0 atom stereocenters. The number of hydrogen-bond acceptors (Lipinski definition) is 2. The predicted molar refractivity (Wildman–Crippen MR) is 103 cm³/mol. The van der Waals surface area contributed by atoms with Crippen LogP contribution in [-0.4, -0.2) is 29.8 Å². The molecule has 4 rings (SSSR count). The topological polar surface area (TPSA) is 49.4 Å². The Balaban J connectivity index is 1.38. The molecule has 2 aliphatic rings. The smallest absolute Gasteiger partial charge is 0.254 e. The molecule has 0 spiro atoms. The number of rotatable bonds is 4. The van der Waals surface area contributed by atoms with Crippen LogP contribution in [0.25, 0.3) is 5.57 Å². The maximum atomic E-state index is 12.7. The Labute approximate surface area is 153 Å². The van der Waals surface area contributed by atoms with Crippen molar-refractivity contribution in [2.45, 2.75) is 19.3 Å². The Kier molecular flexibility index (Phi) is 4.57. The van der Waals surface area contributed by atoms with Gasteiger partial charge >= 0.3 is 0 Å². The number of amides is 2. The highest BCUT2D eigenvalue weighted by Crippen LogP contribution is 2.30. The van der Waals surface area contributed by atoms with E-state index in [1.54, 1.807) is 12.1 Å². The van der Waals surface area contributed by atoms with Gasteiger partial charge < -0.3 is 10.2 Å². The van der Waals surface area contributed by atoms with Crippen molar-refractivity contribution in [3.8, 4) is 0 Å². The first-order chi connectivity index (χ1) is 12.7. The number of carbonyl (C=O) groups excluding carboxylic acids is 2. The average Bonchev–Trinajstić information content (AvgIpc) is 3.54. The van der Waals surface area contributed by atoms with E-state index in [1.165, 1.54) is 11.1 Å². The first-order valence-electron chi connectivity index (χ1n) is 9.15. The van der Waals surface area contributed by atoms with Gasteiger partial charge in [0.1, 0.15) is 0 Å². The van der Waals surface area contributed by atoms with Crippen LogP contribution in [0.3, 0.4) is 0 Å². The van der Waals surface area contributed by atoms with Crippen molar-refractivity contribution in [1.29, 1.82) is 0 Å². The third-order valence-corrected chi connectivity index (χ3v) is 4.99. The number of anilines is 1. The Morgan fingerprint density at radius 1 is 0.962 bits per heavy atom. The van der Waals surface area contributed by atoms with E-state index in [0.717, 1.165) is 31.5 Å². The second-order valence-electron chi connectivity index (χ2n) is 6.94. The Hall–Kier alpha value is -2.88. The lowest BCUT2D eigenvalue weighted by atomic mass is 9.99. The van der Waals surface area contributed by atoms with Crippen molar-refractivity contribution in [3.05, 3.63) is 71.8 Å². The zero-order valence-electron chi connectivity index (χ0n) is 14.7.